The van der Waals surface area contributed by atoms with Gasteiger partial charge >= 0.3 is 0 Å². The number of carbonyl (C=O) groups excluding carboxylic acids is 1. The van der Waals surface area contributed by atoms with Crippen LogP contribution in [0.2, 0.25) is 0 Å². The Kier molecular flexibility index (Phi) is 4.64. The van der Waals surface area contributed by atoms with Crippen molar-refractivity contribution in [2.45, 2.75) is 13.5 Å². The molecule has 0 saturated carbocycles. The second kappa shape index (κ2) is 6.67. The van der Waals surface area contributed by atoms with Crippen molar-refractivity contribution >= 4 is 21.8 Å². The van der Waals surface area contributed by atoms with Crippen LogP contribution in [0.4, 0.5) is 0 Å². The molecule has 0 atom stereocenters. The summed E-state index contributed by atoms with van der Waals surface area (Å²) in [4.78, 5) is 16.6. The van der Waals surface area contributed by atoms with E-state index in [-0.39, 0.29) is 5.91 Å². The minimum Gasteiger partial charge on any atom is -0.456 e. The number of benzene rings is 1. The number of hydrogen-bond donors (Lipinski definition) is 0. The van der Waals surface area contributed by atoms with Crippen LogP contribution in [0.5, 0.6) is 0 Å². The Bertz CT molecular complexity index is 660. The van der Waals surface area contributed by atoms with Crippen molar-refractivity contribution in [1.82, 2.24) is 9.80 Å². The smallest absolute Gasteiger partial charge is 0.289 e. The number of carbonyl (C=O) groups is 1. The SMILES string of the molecule is Cc1ccc(C(=O)N2CCN(Cc3cccc(Br)c3)CC2)o1. The van der Waals surface area contributed by atoms with Crippen molar-refractivity contribution in [3.05, 3.63) is 58.0 Å². The summed E-state index contributed by atoms with van der Waals surface area (Å²) in [6, 6.07) is 11.9. The van der Waals surface area contributed by atoms with Gasteiger partial charge in [-0.2, -0.15) is 0 Å². The lowest BCUT2D eigenvalue weighted by atomic mass is 10.2. The van der Waals surface area contributed by atoms with Crippen molar-refractivity contribution in [2.75, 3.05) is 26.2 Å². The molecule has 3 rings (SSSR count). The van der Waals surface area contributed by atoms with Gasteiger partial charge in [-0.05, 0) is 36.8 Å². The van der Waals surface area contributed by atoms with E-state index in [4.69, 9.17) is 4.42 Å². The quantitative estimate of drug-likeness (QED) is 0.840. The van der Waals surface area contributed by atoms with Gasteiger partial charge in [-0.15, -0.1) is 0 Å². The van der Waals surface area contributed by atoms with Crippen molar-refractivity contribution < 1.29 is 9.21 Å². The molecular formula is C17H19BrN2O2. The topological polar surface area (TPSA) is 36.7 Å². The molecule has 2 aromatic rings. The molecule has 1 aliphatic rings. The van der Waals surface area contributed by atoms with Gasteiger partial charge in [0.05, 0.1) is 0 Å². The minimum atomic E-state index is -0.00444. The maximum Gasteiger partial charge on any atom is 0.289 e. The molecule has 2 heterocycles. The van der Waals surface area contributed by atoms with Crippen LogP contribution >= 0.6 is 15.9 Å². The Morgan fingerprint density at radius 1 is 1.18 bits per heavy atom. The molecule has 0 spiro atoms. The Labute approximate surface area is 138 Å². The third kappa shape index (κ3) is 3.59. The molecule has 1 aromatic carbocycles. The fourth-order valence-corrected chi connectivity index (χ4v) is 3.15. The molecule has 1 fully saturated rings. The maximum absolute atomic E-state index is 12.3. The summed E-state index contributed by atoms with van der Waals surface area (Å²) in [6.07, 6.45) is 0. The lowest BCUT2D eigenvalue weighted by Gasteiger charge is -2.34. The summed E-state index contributed by atoms with van der Waals surface area (Å²) in [5.74, 6) is 1.21. The van der Waals surface area contributed by atoms with E-state index in [0.717, 1.165) is 43.0 Å². The van der Waals surface area contributed by atoms with E-state index in [1.165, 1.54) is 5.56 Å². The number of piperazine rings is 1. The number of aryl methyl sites for hydroxylation is 1. The highest BCUT2D eigenvalue weighted by Gasteiger charge is 2.23. The summed E-state index contributed by atoms with van der Waals surface area (Å²) >= 11 is 3.50. The van der Waals surface area contributed by atoms with E-state index < -0.39 is 0 Å². The second-order valence-electron chi connectivity index (χ2n) is 5.61. The zero-order chi connectivity index (χ0) is 15.5. The van der Waals surface area contributed by atoms with Gasteiger partial charge in [0, 0.05) is 37.2 Å². The number of halogens is 1. The van der Waals surface area contributed by atoms with Crippen molar-refractivity contribution in [3.63, 3.8) is 0 Å². The normalized spacial score (nSPS) is 16.0. The van der Waals surface area contributed by atoms with Crippen LogP contribution in [0.25, 0.3) is 0 Å². The number of hydrogen-bond acceptors (Lipinski definition) is 3. The van der Waals surface area contributed by atoms with E-state index in [0.29, 0.717) is 5.76 Å². The fraction of sp³-hybridized carbons (Fsp3) is 0.353. The first kappa shape index (κ1) is 15.3. The predicted molar refractivity (Wildman–Crippen MR) is 88.8 cm³/mol. The number of nitrogens with zero attached hydrogens (tertiary/aromatic N) is 2. The summed E-state index contributed by atoms with van der Waals surface area (Å²) in [6.45, 7) is 6.03. The van der Waals surface area contributed by atoms with Gasteiger partial charge in [0.1, 0.15) is 5.76 Å². The maximum atomic E-state index is 12.3. The van der Waals surface area contributed by atoms with Crippen molar-refractivity contribution in [1.29, 1.82) is 0 Å². The van der Waals surface area contributed by atoms with Crippen LogP contribution in [0, 0.1) is 6.92 Å². The number of amides is 1. The van der Waals surface area contributed by atoms with Gasteiger partial charge in [0.25, 0.3) is 5.91 Å². The molecule has 0 radical (unpaired) electrons. The van der Waals surface area contributed by atoms with Crippen LogP contribution in [0.15, 0.2) is 45.3 Å². The van der Waals surface area contributed by atoms with E-state index in [1.807, 2.05) is 24.0 Å². The van der Waals surface area contributed by atoms with Crippen molar-refractivity contribution in [3.8, 4) is 0 Å². The summed E-state index contributed by atoms with van der Waals surface area (Å²) in [7, 11) is 0. The first-order valence-corrected chi connectivity index (χ1v) is 8.23. The predicted octanol–water partition coefficient (Wildman–Crippen LogP) is 3.31. The third-order valence-electron chi connectivity index (χ3n) is 3.91. The zero-order valence-electron chi connectivity index (χ0n) is 12.6. The average molecular weight is 363 g/mol. The molecule has 0 unspecified atom stereocenters. The molecule has 1 aliphatic heterocycles. The molecule has 116 valence electrons. The first-order valence-electron chi connectivity index (χ1n) is 7.44. The summed E-state index contributed by atoms with van der Waals surface area (Å²) < 4.78 is 6.53. The molecule has 1 amide bonds. The first-order chi connectivity index (χ1) is 10.6. The largest absolute Gasteiger partial charge is 0.456 e. The van der Waals surface area contributed by atoms with Gasteiger partial charge < -0.3 is 9.32 Å². The Morgan fingerprint density at radius 2 is 1.95 bits per heavy atom. The lowest BCUT2D eigenvalue weighted by Crippen LogP contribution is -2.48. The Morgan fingerprint density at radius 3 is 2.59 bits per heavy atom. The average Bonchev–Trinajstić information content (AvgIpc) is 2.94. The third-order valence-corrected chi connectivity index (χ3v) is 4.40. The molecule has 0 N–H and O–H groups in total. The fourth-order valence-electron chi connectivity index (χ4n) is 2.71. The zero-order valence-corrected chi connectivity index (χ0v) is 14.2. The molecule has 1 saturated heterocycles. The highest BCUT2D eigenvalue weighted by atomic mass is 79.9. The molecule has 4 nitrogen and oxygen atoms in total. The van der Waals surface area contributed by atoms with Gasteiger partial charge in [-0.1, -0.05) is 28.1 Å². The van der Waals surface area contributed by atoms with Gasteiger partial charge in [-0.3, -0.25) is 9.69 Å². The standard InChI is InChI=1S/C17H19BrN2O2/c1-13-5-6-16(22-13)17(21)20-9-7-19(8-10-20)12-14-3-2-4-15(18)11-14/h2-6,11H,7-10,12H2,1H3. The van der Waals surface area contributed by atoms with Gasteiger partial charge in [-0.25, -0.2) is 0 Å². The van der Waals surface area contributed by atoms with Gasteiger partial charge in [0.15, 0.2) is 5.76 Å². The molecule has 22 heavy (non-hydrogen) atoms. The van der Waals surface area contributed by atoms with Crippen LogP contribution in [-0.2, 0) is 6.54 Å². The number of furan rings is 1. The minimum absolute atomic E-state index is 0.00444. The molecule has 0 bridgehead atoms. The molecular weight excluding hydrogens is 344 g/mol. The summed E-state index contributed by atoms with van der Waals surface area (Å²) in [5.41, 5.74) is 1.29. The Balaban J connectivity index is 1.55. The van der Waals surface area contributed by atoms with E-state index >= 15 is 0 Å². The van der Waals surface area contributed by atoms with Crippen molar-refractivity contribution in [2.24, 2.45) is 0 Å². The van der Waals surface area contributed by atoms with Gasteiger partial charge in [0.2, 0.25) is 0 Å². The lowest BCUT2D eigenvalue weighted by molar-refractivity contribution is 0.0596. The van der Waals surface area contributed by atoms with Crippen LogP contribution < -0.4 is 0 Å². The van der Waals surface area contributed by atoms with E-state index in [9.17, 15) is 4.79 Å². The van der Waals surface area contributed by atoms with E-state index in [2.05, 4.69) is 39.0 Å². The molecule has 1 aromatic heterocycles. The highest BCUT2D eigenvalue weighted by molar-refractivity contribution is 9.10. The van der Waals surface area contributed by atoms with Crippen LogP contribution in [-0.4, -0.2) is 41.9 Å². The summed E-state index contributed by atoms with van der Waals surface area (Å²) in [5, 5.41) is 0. The molecule has 0 aliphatic carbocycles. The number of rotatable bonds is 3. The molecule has 5 heteroatoms. The monoisotopic (exact) mass is 362 g/mol. The second-order valence-corrected chi connectivity index (χ2v) is 6.52. The Hall–Kier alpha value is -1.59. The van der Waals surface area contributed by atoms with E-state index in [1.54, 1.807) is 6.07 Å². The highest BCUT2D eigenvalue weighted by Crippen LogP contribution is 2.16. The van der Waals surface area contributed by atoms with Crippen LogP contribution in [0.3, 0.4) is 0 Å². The van der Waals surface area contributed by atoms with Crippen LogP contribution in [0.1, 0.15) is 21.9 Å².